The Hall–Kier alpha value is -2.58. The lowest BCUT2D eigenvalue weighted by molar-refractivity contribution is -0.123. The molecule has 0 bridgehead atoms. The lowest BCUT2D eigenvalue weighted by Crippen LogP contribution is -2.52. The Morgan fingerprint density at radius 3 is 2.30 bits per heavy atom. The summed E-state index contributed by atoms with van der Waals surface area (Å²) in [6, 6.07) is 8.40. The molecule has 7 nitrogen and oxygen atoms in total. The van der Waals surface area contributed by atoms with Crippen LogP contribution in [0.5, 0.6) is 0 Å². The fraction of sp³-hybridized carbons (Fsp3) is 0.333. The minimum atomic E-state index is -0.485. The summed E-state index contributed by atoms with van der Waals surface area (Å²) >= 11 is 5.77. The van der Waals surface area contributed by atoms with Crippen LogP contribution in [0.3, 0.4) is 0 Å². The molecule has 0 spiro atoms. The molecule has 0 aliphatic carbocycles. The van der Waals surface area contributed by atoms with Crippen molar-refractivity contribution in [2.45, 2.75) is 12.5 Å². The summed E-state index contributed by atoms with van der Waals surface area (Å²) < 4.78 is 13.1. The predicted molar refractivity (Wildman–Crippen MR) is 98.1 cm³/mol. The summed E-state index contributed by atoms with van der Waals surface area (Å²) in [7, 11) is 0. The maximum atomic E-state index is 13.1. The first-order valence-electron chi connectivity index (χ1n) is 8.63. The molecule has 3 heterocycles. The normalized spacial score (nSPS) is 21.2. The highest BCUT2D eigenvalue weighted by Gasteiger charge is 2.43. The third kappa shape index (κ3) is 3.50. The van der Waals surface area contributed by atoms with Crippen LogP contribution >= 0.6 is 11.6 Å². The highest BCUT2D eigenvalue weighted by atomic mass is 35.5. The van der Waals surface area contributed by atoms with Gasteiger partial charge < -0.3 is 4.90 Å². The molecule has 1 aromatic carbocycles. The predicted octanol–water partition coefficient (Wildman–Crippen LogP) is 1.72. The highest BCUT2D eigenvalue weighted by Crippen LogP contribution is 2.27. The second-order valence-electron chi connectivity index (χ2n) is 6.50. The van der Waals surface area contributed by atoms with E-state index in [9.17, 15) is 14.0 Å². The van der Waals surface area contributed by atoms with Crippen molar-refractivity contribution in [1.82, 2.24) is 15.1 Å². The Morgan fingerprint density at radius 2 is 1.67 bits per heavy atom. The summed E-state index contributed by atoms with van der Waals surface area (Å²) in [5, 5.41) is 8.27. The average Bonchev–Trinajstić information content (AvgIpc) is 2.98. The molecule has 1 aromatic heterocycles. The smallest absolute Gasteiger partial charge is 0.251 e. The number of amides is 2. The van der Waals surface area contributed by atoms with Gasteiger partial charge in [-0.15, -0.1) is 10.2 Å². The van der Waals surface area contributed by atoms with Crippen molar-refractivity contribution in [1.29, 1.82) is 0 Å². The van der Waals surface area contributed by atoms with Gasteiger partial charge in [-0.2, -0.15) is 0 Å². The topological polar surface area (TPSA) is 69.6 Å². The Bertz CT molecular complexity index is 853. The van der Waals surface area contributed by atoms with E-state index in [0.717, 1.165) is 10.7 Å². The third-order valence-corrected chi connectivity index (χ3v) is 5.11. The minimum absolute atomic E-state index is 0.136. The van der Waals surface area contributed by atoms with Crippen LogP contribution in [0, 0.1) is 5.82 Å². The van der Waals surface area contributed by atoms with Crippen LogP contribution in [-0.4, -0.2) is 59.1 Å². The zero-order valence-corrected chi connectivity index (χ0v) is 15.1. The summed E-state index contributed by atoms with van der Waals surface area (Å²) in [4.78, 5) is 30.4. The van der Waals surface area contributed by atoms with E-state index >= 15 is 0 Å². The largest absolute Gasteiger partial charge is 0.353 e. The molecular formula is C18H17ClFN5O2. The van der Waals surface area contributed by atoms with E-state index in [2.05, 4.69) is 15.1 Å². The van der Waals surface area contributed by atoms with Crippen molar-refractivity contribution >= 4 is 34.9 Å². The molecule has 4 rings (SSSR count). The van der Waals surface area contributed by atoms with E-state index < -0.39 is 11.9 Å². The molecular weight excluding hydrogens is 373 g/mol. The summed E-state index contributed by atoms with van der Waals surface area (Å²) in [5.41, 5.74) is 0.406. The van der Waals surface area contributed by atoms with E-state index in [0.29, 0.717) is 37.0 Å². The van der Waals surface area contributed by atoms with Gasteiger partial charge in [0.05, 0.1) is 18.2 Å². The molecule has 27 heavy (non-hydrogen) atoms. The second-order valence-corrected chi connectivity index (χ2v) is 6.89. The SMILES string of the molecule is O=C1CC(N2CCN(c3ccc(Cl)nn3)CC2)C(=O)N1c1ccc(F)cc1. The van der Waals surface area contributed by atoms with Crippen LogP contribution in [0.15, 0.2) is 36.4 Å². The van der Waals surface area contributed by atoms with Crippen molar-refractivity contribution in [2.75, 3.05) is 36.0 Å². The number of hydrogen-bond acceptors (Lipinski definition) is 6. The Kier molecular flexibility index (Phi) is 4.75. The van der Waals surface area contributed by atoms with Crippen molar-refractivity contribution in [2.24, 2.45) is 0 Å². The quantitative estimate of drug-likeness (QED) is 0.744. The number of nitrogens with zero attached hydrogens (tertiary/aromatic N) is 5. The molecule has 0 radical (unpaired) electrons. The van der Waals surface area contributed by atoms with E-state index in [-0.39, 0.29) is 18.2 Å². The molecule has 2 saturated heterocycles. The summed E-state index contributed by atoms with van der Waals surface area (Å²) in [6.45, 7) is 2.60. The van der Waals surface area contributed by atoms with E-state index in [4.69, 9.17) is 11.6 Å². The van der Waals surface area contributed by atoms with Gasteiger partial charge in [0.1, 0.15) is 5.82 Å². The molecule has 0 N–H and O–H groups in total. The van der Waals surface area contributed by atoms with Crippen LogP contribution in [0.25, 0.3) is 0 Å². The number of halogens is 2. The molecule has 140 valence electrons. The summed E-state index contributed by atoms with van der Waals surface area (Å²) in [6.07, 6.45) is 0.136. The van der Waals surface area contributed by atoms with Crippen molar-refractivity contribution in [3.63, 3.8) is 0 Å². The van der Waals surface area contributed by atoms with Gasteiger partial charge in [-0.3, -0.25) is 14.5 Å². The van der Waals surface area contributed by atoms with E-state index in [1.165, 1.54) is 24.3 Å². The van der Waals surface area contributed by atoms with Gasteiger partial charge in [-0.1, -0.05) is 11.6 Å². The number of anilines is 2. The van der Waals surface area contributed by atoms with Crippen molar-refractivity contribution < 1.29 is 14.0 Å². The van der Waals surface area contributed by atoms with Gasteiger partial charge in [0.15, 0.2) is 11.0 Å². The maximum Gasteiger partial charge on any atom is 0.251 e. The van der Waals surface area contributed by atoms with E-state index in [1.54, 1.807) is 6.07 Å². The molecule has 0 saturated carbocycles. The molecule has 1 unspecified atom stereocenters. The summed E-state index contributed by atoms with van der Waals surface area (Å²) in [5.74, 6) is -0.189. The molecule has 1 atom stereocenters. The van der Waals surface area contributed by atoms with Gasteiger partial charge in [0.2, 0.25) is 5.91 Å². The number of aromatic nitrogens is 2. The molecule has 2 aliphatic heterocycles. The number of rotatable bonds is 3. The number of carbonyl (C=O) groups excluding carboxylic acids is 2. The third-order valence-electron chi connectivity index (χ3n) is 4.90. The van der Waals surface area contributed by atoms with E-state index in [1.807, 2.05) is 11.0 Å². The first-order valence-corrected chi connectivity index (χ1v) is 9.01. The second kappa shape index (κ2) is 7.21. The minimum Gasteiger partial charge on any atom is -0.353 e. The standard InChI is InChI=1S/C18H17ClFN5O2/c19-15-5-6-16(22-21-15)24-9-7-23(8-10-24)14-11-17(26)25(18(14)27)13-3-1-12(20)2-4-13/h1-6,14H,7-11H2. The Labute approximate surface area is 160 Å². The van der Waals surface area contributed by atoms with Crippen LogP contribution in [0.2, 0.25) is 5.15 Å². The first kappa shape index (κ1) is 17.8. The van der Waals surface area contributed by atoms with Gasteiger partial charge in [0.25, 0.3) is 5.91 Å². The zero-order chi connectivity index (χ0) is 19.0. The number of benzene rings is 1. The zero-order valence-electron chi connectivity index (χ0n) is 14.4. The first-order chi connectivity index (χ1) is 13.0. The number of piperazine rings is 1. The van der Waals surface area contributed by atoms with Crippen molar-refractivity contribution in [3.05, 3.63) is 47.4 Å². The highest BCUT2D eigenvalue weighted by molar-refractivity contribution is 6.29. The van der Waals surface area contributed by atoms with Crippen molar-refractivity contribution in [3.8, 4) is 0 Å². The van der Waals surface area contributed by atoms with Gasteiger partial charge in [-0.25, -0.2) is 9.29 Å². The monoisotopic (exact) mass is 389 g/mol. The number of imide groups is 1. The van der Waals surface area contributed by atoms with Crippen LogP contribution in [0.1, 0.15) is 6.42 Å². The van der Waals surface area contributed by atoms with Crippen LogP contribution in [0.4, 0.5) is 15.9 Å². The number of carbonyl (C=O) groups is 2. The Morgan fingerprint density at radius 1 is 0.963 bits per heavy atom. The lowest BCUT2D eigenvalue weighted by atomic mass is 10.1. The molecule has 2 amide bonds. The van der Waals surface area contributed by atoms with Gasteiger partial charge >= 0.3 is 0 Å². The maximum absolute atomic E-state index is 13.1. The number of hydrogen-bond donors (Lipinski definition) is 0. The molecule has 2 aromatic rings. The van der Waals surface area contributed by atoms with Crippen LogP contribution in [-0.2, 0) is 9.59 Å². The molecule has 9 heteroatoms. The van der Waals surface area contributed by atoms with Gasteiger partial charge in [-0.05, 0) is 36.4 Å². The lowest BCUT2D eigenvalue weighted by Gasteiger charge is -2.37. The fourth-order valence-electron chi connectivity index (χ4n) is 3.50. The van der Waals surface area contributed by atoms with Gasteiger partial charge in [0, 0.05) is 26.2 Å². The van der Waals surface area contributed by atoms with Crippen LogP contribution < -0.4 is 9.80 Å². The molecule has 2 fully saturated rings. The Balaban J connectivity index is 1.43. The average molecular weight is 390 g/mol. The molecule has 2 aliphatic rings. The fourth-order valence-corrected chi connectivity index (χ4v) is 3.60.